The van der Waals surface area contributed by atoms with E-state index in [1.807, 2.05) is 0 Å². The molecule has 2 rings (SSSR count). The summed E-state index contributed by atoms with van der Waals surface area (Å²) in [6, 6.07) is 15.0. The maximum atomic E-state index is 6.13. The van der Waals surface area contributed by atoms with Crippen LogP contribution in [0.2, 0.25) is 0 Å². The largest absolute Gasteiger partial charge is 0.496 e. The molecule has 0 fully saturated rings. The third-order valence-corrected chi connectivity index (χ3v) is 4.55. The standard InChI is InChI=1S/C21H29NO/c1-15-8-6-7-9-16(15)12-17(14-22)19-13-18(21(2,3)4)10-11-20(19)23-5/h6-11,13,17H,12,14,22H2,1-5H3. The summed E-state index contributed by atoms with van der Waals surface area (Å²) in [5, 5.41) is 0. The van der Waals surface area contributed by atoms with E-state index in [1.54, 1.807) is 7.11 Å². The van der Waals surface area contributed by atoms with E-state index in [9.17, 15) is 0 Å². The van der Waals surface area contributed by atoms with Gasteiger partial charge in [0.2, 0.25) is 0 Å². The summed E-state index contributed by atoms with van der Waals surface area (Å²) >= 11 is 0. The lowest BCUT2D eigenvalue weighted by molar-refractivity contribution is 0.404. The first kappa shape index (κ1) is 17.6. The van der Waals surface area contributed by atoms with Crippen molar-refractivity contribution in [2.75, 3.05) is 13.7 Å². The Morgan fingerprint density at radius 3 is 2.35 bits per heavy atom. The topological polar surface area (TPSA) is 35.2 Å². The molecule has 2 nitrogen and oxygen atoms in total. The number of rotatable bonds is 5. The van der Waals surface area contributed by atoms with E-state index >= 15 is 0 Å². The third kappa shape index (κ3) is 4.14. The van der Waals surface area contributed by atoms with Crippen LogP contribution in [0.25, 0.3) is 0 Å². The Morgan fingerprint density at radius 2 is 1.78 bits per heavy atom. The van der Waals surface area contributed by atoms with Gasteiger partial charge in [-0.25, -0.2) is 0 Å². The maximum Gasteiger partial charge on any atom is 0.122 e. The van der Waals surface area contributed by atoms with Gasteiger partial charge in [-0.2, -0.15) is 0 Å². The van der Waals surface area contributed by atoms with E-state index in [0.717, 1.165) is 12.2 Å². The maximum absolute atomic E-state index is 6.13. The minimum absolute atomic E-state index is 0.114. The van der Waals surface area contributed by atoms with Crippen LogP contribution in [-0.2, 0) is 11.8 Å². The van der Waals surface area contributed by atoms with Crippen LogP contribution >= 0.6 is 0 Å². The van der Waals surface area contributed by atoms with Gasteiger partial charge in [-0.15, -0.1) is 0 Å². The molecule has 0 aromatic heterocycles. The fourth-order valence-electron chi connectivity index (χ4n) is 2.94. The molecular formula is C21H29NO. The minimum Gasteiger partial charge on any atom is -0.496 e. The molecule has 2 aromatic rings. The molecule has 0 amide bonds. The molecule has 0 radical (unpaired) electrons. The molecule has 0 aliphatic rings. The highest BCUT2D eigenvalue weighted by Gasteiger charge is 2.21. The number of ether oxygens (including phenoxy) is 1. The van der Waals surface area contributed by atoms with Crippen molar-refractivity contribution < 1.29 is 4.74 Å². The number of methoxy groups -OCH3 is 1. The normalized spacial score (nSPS) is 13.0. The highest BCUT2D eigenvalue weighted by Crippen LogP contribution is 2.34. The molecule has 124 valence electrons. The van der Waals surface area contributed by atoms with Crippen molar-refractivity contribution in [1.29, 1.82) is 0 Å². The number of benzene rings is 2. The van der Waals surface area contributed by atoms with E-state index in [1.165, 1.54) is 22.3 Å². The van der Waals surface area contributed by atoms with Gasteiger partial charge >= 0.3 is 0 Å². The Labute approximate surface area is 140 Å². The van der Waals surface area contributed by atoms with Gasteiger partial charge in [-0.3, -0.25) is 0 Å². The van der Waals surface area contributed by atoms with Crippen LogP contribution in [0.3, 0.4) is 0 Å². The summed E-state index contributed by atoms with van der Waals surface area (Å²) in [6.07, 6.45) is 0.938. The Bertz CT molecular complexity index is 655. The number of hydrogen-bond acceptors (Lipinski definition) is 2. The Kier molecular flexibility index (Phi) is 5.48. The van der Waals surface area contributed by atoms with Crippen molar-refractivity contribution in [3.63, 3.8) is 0 Å². The van der Waals surface area contributed by atoms with Gasteiger partial charge in [0.05, 0.1) is 7.11 Å². The van der Waals surface area contributed by atoms with Crippen LogP contribution in [0.1, 0.15) is 48.9 Å². The van der Waals surface area contributed by atoms with Crippen LogP contribution in [0.5, 0.6) is 5.75 Å². The molecule has 2 aromatic carbocycles. The summed E-state index contributed by atoms with van der Waals surface area (Å²) in [6.45, 7) is 9.47. The molecule has 2 heteroatoms. The van der Waals surface area contributed by atoms with E-state index in [0.29, 0.717) is 6.54 Å². The second-order valence-electron chi connectivity index (χ2n) is 7.27. The van der Waals surface area contributed by atoms with Gasteiger partial charge in [0.1, 0.15) is 5.75 Å². The van der Waals surface area contributed by atoms with Crippen LogP contribution in [-0.4, -0.2) is 13.7 Å². The quantitative estimate of drug-likeness (QED) is 0.877. The zero-order chi connectivity index (χ0) is 17.0. The summed E-state index contributed by atoms with van der Waals surface area (Å²) < 4.78 is 5.61. The smallest absolute Gasteiger partial charge is 0.122 e. The fourth-order valence-corrected chi connectivity index (χ4v) is 2.94. The number of hydrogen-bond donors (Lipinski definition) is 1. The lowest BCUT2D eigenvalue weighted by Crippen LogP contribution is -2.18. The zero-order valence-corrected chi connectivity index (χ0v) is 15.0. The first-order valence-corrected chi connectivity index (χ1v) is 8.29. The van der Waals surface area contributed by atoms with Gasteiger partial charge in [-0.1, -0.05) is 57.2 Å². The average molecular weight is 311 g/mol. The monoisotopic (exact) mass is 311 g/mol. The predicted octanol–water partition coefficient (Wildman–Crippen LogP) is 4.59. The zero-order valence-electron chi connectivity index (χ0n) is 15.0. The van der Waals surface area contributed by atoms with E-state index in [2.05, 4.69) is 70.2 Å². The first-order chi connectivity index (χ1) is 10.9. The van der Waals surface area contributed by atoms with Crippen LogP contribution < -0.4 is 10.5 Å². The lowest BCUT2D eigenvalue weighted by atomic mass is 9.82. The van der Waals surface area contributed by atoms with Gasteiger partial charge in [-0.05, 0) is 53.6 Å². The summed E-state index contributed by atoms with van der Waals surface area (Å²) in [4.78, 5) is 0. The Balaban J connectivity index is 2.42. The van der Waals surface area contributed by atoms with Gasteiger partial charge in [0, 0.05) is 5.92 Å². The van der Waals surface area contributed by atoms with Crippen LogP contribution in [0.15, 0.2) is 42.5 Å². The molecule has 1 unspecified atom stereocenters. The molecule has 0 spiro atoms. The molecule has 0 heterocycles. The molecule has 0 aliphatic heterocycles. The fraction of sp³-hybridized carbons (Fsp3) is 0.429. The Morgan fingerprint density at radius 1 is 1.09 bits per heavy atom. The van der Waals surface area contributed by atoms with Crippen molar-refractivity contribution in [3.05, 3.63) is 64.7 Å². The summed E-state index contributed by atoms with van der Waals surface area (Å²) in [5.41, 5.74) is 11.4. The highest BCUT2D eigenvalue weighted by atomic mass is 16.5. The van der Waals surface area contributed by atoms with Gasteiger partial charge in [0.15, 0.2) is 0 Å². The number of nitrogens with two attached hydrogens (primary N) is 1. The molecule has 0 bridgehead atoms. The van der Waals surface area contributed by atoms with Crippen molar-refractivity contribution in [2.45, 2.75) is 45.4 Å². The van der Waals surface area contributed by atoms with Gasteiger partial charge in [0.25, 0.3) is 0 Å². The molecule has 0 saturated carbocycles. The summed E-state index contributed by atoms with van der Waals surface area (Å²) in [5.74, 6) is 1.19. The third-order valence-electron chi connectivity index (χ3n) is 4.55. The second kappa shape index (κ2) is 7.18. The average Bonchev–Trinajstić information content (AvgIpc) is 2.52. The second-order valence-corrected chi connectivity index (χ2v) is 7.27. The van der Waals surface area contributed by atoms with E-state index in [4.69, 9.17) is 10.5 Å². The van der Waals surface area contributed by atoms with E-state index < -0.39 is 0 Å². The lowest BCUT2D eigenvalue weighted by Gasteiger charge is -2.24. The van der Waals surface area contributed by atoms with Crippen molar-refractivity contribution in [1.82, 2.24) is 0 Å². The van der Waals surface area contributed by atoms with Gasteiger partial charge < -0.3 is 10.5 Å². The molecule has 1 atom stereocenters. The molecule has 0 aliphatic carbocycles. The molecule has 2 N–H and O–H groups in total. The molecule has 23 heavy (non-hydrogen) atoms. The van der Waals surface area contributed by atoms with Crippen molar-refractivity contribution in [3.8, 4) is 5.75 Å². The van der Waals surface area contributed by atoms with E-state index in [-0.39, 0.29) is 11.3 Å². The van der Waals surface area contributed by atoms with Crippen LogP contribution in [0.4, 0.5) is 0 Å². The minimum atomic E-state index is 0.114. The molecule has 0 saturated heterocycles. The predicted molar refractivity (Wildman–Crippen MR) is 98.4 cm³/mol. The number of aryl methyl sites for hydroxylation is 1. The SMILES string of the molecule is COc1ccc(C(C)(C)C)cc1C(CN)Cc1ccccc1C. The molecular weight excluding hydrogens is 282 g/mol. The first-order valence-electron chi connectivity index (χ1n) is 8.29. The Hall–Kier alpha value is -1.80. The summed E-state index contributed by atoms with van der Waals surface area (Å²) in [7, 11) is 1.73. The van der Waals surface area contributed by atoms with Crippen LogP contribution in [0, 0.1) is 6.92 Å². The van der Waals surface area contributed by atoms with Crippen molar-refractivity contribution >= 4 is 0 Å². The highest BCUT2D eigenvalue weighted by molar-refractivity contribution is 5.43. The van der Waals surface area contributed by atoms with Crippen molar-refractivity contribution in [2.24, 2.45) is 5.73 Å².